The molecule has 0 atom stereocenters. The van der Waals surface area contributed by atoms with Crippen LogP contribution >= 0.6 is 0 Å². The molecular formula is C50H29N5O2. The predicted octanol–water partition coefficient (Wildman–Crippen LogP) is 12.8. The molecule has 0 aliphatic carbocycles. The summed E-state index contributed by atoms with van der Waals surface area (Å²) in [6.45, 7) is 0. The summed E-state index contributed by atoms with van der Waals surface area (Å²) in [6, 6.07) is 60.0. The fourth-order valence-corrected chi connectivity index (χ4v) is 8.14. The maximum atomic E-state index is 6.68. The molecule has 0 bridgehead atoms. The second kappa shape index (κ2) is 12.3. The molecule has 4 aromatic heterocycles. The third kappa shape index (κ3) is 5.06. The van der Waals surface area contributed by atoms with Gasteiger partial charge in [0.05, 0.1) is 11.0 Å². The van der Waals surface area contributed by atoms with E-state index in [9.17, 15) is 0 Å². The van der Waals surface area contributed by atoms with Gasteiger partial charge in [-0.3, -0.25) is 0 Å². The maximum absolute atomic E-state index is 6.68. The summed E-state index contributed by atoms with van der Waals surface area (Å²) < 4.78 is 15.2. The molecule has 0 aliphatic heterocycles. The van der Waals surface area contributed by atoms with Crippen molar-refractivity contribution in [2.24, 2.45) is 0 Å². The Kier molecular flexibility index (Phi) is 6.79. The van der Waals surface area contributed by atoms with E-state index in [-0.39, 0.29) is 0 Å². The summed E-state index contributed by atoms with van der Waals surface area (Å²) in [5, 5.41) is 6.67. The first-order chi connectivity index (χ1) is 28.2. The number of aromatic nitrogens is 5. The minimum atomic E-state index is 0.562. The van der Waals surface area contributed by atoms with Crippen LogP contribution in [0.4, 0.5) is 0 Å². The molecule has 0 saturated heterocycles. The van der Waals surface area contributed by atoms with Crippen LogP contribution in [0.25, 0.3) is 117 Å². The molecular weight excluding hydrogens is 703 g/mol. The van der Waals surface area contributed by atoms with E-state index >= 15 is 0 Å². The van der Waals surface area contributed by atoms with Crippen molar-refractivity contribution in [3.63, 3.8) is 0 Å². The van der Waals surface area contributed by atoms with Crippen LogP contribution in [0, 0.1) is 0 Å². The SMILES string of the molecule is c1ccc(-c2nc(-c3cccc(-n4c5cc6ccccc6cc5c5ccc6nc(-c7ccccc7)oc6c54)c3)nc(-c3ccc4c(c3)oc3ccccc34)n2)cc1. The first-order valence-electron chi connectivity index (χ1n) is 18.9. The zero-order chi connectivity index (χ0) is 37.5. The third-order valence-corrected chi connectivity index (χ3v) is 10.8. The highest BCUT2D eigenvalue weighted by Crippen LogP contribution is 2.40. The van der Waals surface area contributed by atoms with Gasteiger partial charge >= 0.3 is 0 Å². The van der Waals surface area contributed by atoms with E-state index in [4.69, 9.17) is 28.8 Å². The van der Waals surface area contributed by atoms with Gasteiger partial charge in [0.2, 0.25) is 5.89 Å². The standard InChI is InChI=1S/C50H29N5O2/c1-3-12-30(13-4-1)47-52-48(54-49(53-47)35-22-23-38-37-20-9-10-21-43(37)56-44(38)29-35)34-18-11-19-36(26-34)55-42-28-33-17-8-7-16-32(33)27-40(42)39-24-25-41-46(45(39)55)57-50(51-41)31-14-5-2-6-15-31/h1-29H. The van der Waals surface area contributed by atoms with Crippen molar-refractivity contribution in [1.82, 2.24) is 24.5 Å². The monoisotopic (exact) mass is 731 g/mol. The van der Waals surface area contributed by atoms with Gasteiger partial charge in [0.15, 0.2) is 23.1 Å². The number of oxazole rings is 1. The van der Waals surface area contributed by atoms with Crippen molar-refractivity contribution >= 4 is 65.6 Å². The van der Waals surface area contributed by atoms with E-state index in [0.29, 0.717) is 23.4 Å². The largest absolute Gasteiger partial charge is 0.456 e. The Morgan fingerprint density at radius 1 is 0.386 bits per heavy atom. The lowest BCUT2D eigenvalue weighted by atomic mass is 10.1. The van der Waals surface area contributed by atoms with Gasteiger partial charge in [0.25, 0.3) is 0 Å². The molecule has 12 aromatic rings. The zero-order valence-corrected chi connectivity index (χ0v) is 30.3. The lowest BCUT2D eigenvalue weighted by Crippen LogP contribution is -2.01. The fraction of sp³-hybridized carbons (Fsp3) is 0. The van der Waals surface area contributed by atoms with Gasteiger partial charge in [-0.1, -0.05) is 109 Å². The van der Waals surface area contributed by atoms with E-state index in [1.54, 1.807) is 0 Å². The van der Waals surface area contributed by atoms with Gasteiger partial charge in [-0.15, -0.1) is 0 Å². The quantitative estimate of drug-likeness (QED) is 0.175. The van der Waals surface area contributed by atoms with Crippen LogP contribution in [0.3, 0.4) is 0 Å². The molecule has 4 heterocycles. The van der Waals surface area contributed by atoms with Gasteiger partial charge < -0.3 is 13.4 Å². The minimum Gasteiger partial charge on any atom is -0.456 e. The van der Waals surface area contributed by atoms with Gasteiger partial charge in [-0.2, -0.15) is 0 Å². The highest BCUT2D eigenvalue weighted by Gasteiger charge is 2.21. The molecule has 266 valence electrons. The average molecular weight is 732 g/mol. The van der Waals surface area contributed by atoms with Crippen LogP contribution in [-0.2, 0) is 0 Å². The summed E-state index contributed by atoms with van der Waals surface area (Å²) in [5.41, 5.74) is 9.63. The Morgan fingerprint density at radius 3 is 1.82 bits per heavy atom. The lowest BCUT2D eigenvalue weighted by Gasteiger charge is -2.12. The van der Waals surface area contributed by atoms with Gasteiger partial charge in [-0.05, 0) is 77.5 Å². The number of benzene rings is 8. The Balaban J connectivity index is 1.08. The summed E-state index contributed by atoms with van der Waals surface area (Å²) in [5.74, 6) is 2.30. The molecule has 0 unspecified atom stereocenters. The van der Waals surface area contributed by atoms with E-state index in [0.717, 1.165) is 88.2 Å². The second-order valence-corrected chi connectivity index (χ2v) is 14.3. The van der Waals surface area contributed by atoms with Crippen LogP contribution in [0.1, 0.15) is 0 Å². The zero-order valence-electron chi connectivity index (χ0n) is 30.3. The summed E-state index contributed by atoms with van der Waals surface area (Å²) in [6.07, 6.45) is 0. The smallest absolute Gasteiger partial charge is 0.227 e. The molecule has 0 spiro atoms. The Morgan fingerprint density at radius 2 is 1.02 bits per heavy atom. The van der Waals surface area contributed by atoms with Crippen molar-refractivity contribution in [1.29, 1.82) is 0 Å². The Labute approximate surface area is 325 Å². The normalized spacial score (nSPS) is 11.9. The predicted molar refractivity (Wildman–Crippen MR) is 228 cm³/mol. The molecule has 57 heavy (non-hydrogen) atoms. The average Bonchev–Trinajstić information content (AvgIpc) is 3.98. The van der Waals surface area contributed by atoms with Crippen LogP contribution in [0.15, 0.2) is 185 Å². The Hall–Kier alpha value is -7.90. The maximum Gasteiger partial charge on any atom is 0.227 e. The minimum absolute atomic E-state index is 0.562. The van der Waals surface area contributed by atoms with Crippen molar-refractivity contribution in [2.45, 2.75) is 0 Å². The highest BCUT2D eigenvalue weighted by atomic mass is 16.3. The lowest BCUT2D eigenvalue weighted by molar-refractivity contribution is 0.621. The molecule has 0 N–H and O–H groups in total. The number of hydrogen-bond acceptors (Lipinski definition) is 6. The van der Waals surface area contributed by atoms with E-state index in [2.05, 4.69) is 95.6 Å². The van der Waals surface area contributed by atoms with E-state index < -0.39 is 0 Å². The molecule has 0 fully saturated rings. The molecule has 8 aromatic carbocycles. The summed E-state index contributed by atoms with van der Waals surface area (Å²) >= 11 is 0. The van der Waals surface area contributed by atoms with Crippen molar-refractivity contribution < 1.29 is 8.83 Å². The number of para-hydroxylation sites is 1. The van der Waals surface area contributed by atoms with Crippen molar-refractivity contribution in [2.75, 3.05) is 0 Å². The topological polar surface area (TPSA) is 82.8 Å². The van der Waals surface area contributed by atoms with E-state index in [1.807, 2.05) is 84.9 Å². The highest BCUT2D eigenvalue weighted by molar-refractivity contribution is 6.19. The Bertz CT molecular complexity index is 3530. The second-order valence-electron chi connectivity index (χ2n) is 14.3. The van der Waals surface area contributed by atoms with Crippen LogP contribution < -0.4 is 0 Å². The van der Waals surface area contributed by atoms with Gasteiger partial charge in [0, 0.05) is 49.5 Å². The van der Waals surface area contributed by atoms with Gasteiger partial charge in [0.1, 0.15) is 16.7 Å². The molecule has 7 heteroatoms. The summed E-state index contributed by atoms with van der Waals surface area (Å²) in [4.78, 5) is 20.2. The summed E-state index contributed by atoms with van der Waals surface area (Å²) in [7, 11) is 0. The van der Waals surface area contributed by atoms with Crippen molar-refractivity contribution in [3.05, 3.63) is 176 Å². The molecule has 12 rings (SSSR count). The van der Waals surface area contributed by atoms with Crippen LogP contribution in [0.2, 0.25) is 0 Å². The number of hydrogen-bond donors (Lipinski definition) is 0. The fourth-order valence-electron chi connectivity index (χ4n) is 8.14. The van der Waals surface area contributed by atoms with Gasteiger partial charge in [-0.25, -0.2) is 19.9 Å². The number of nitrogens with zero attached hydrogens (tertiary/aromatic N) is 5. The third-order valence-electron chi connectivity index (χ3n) is 10.8. The first-order valence-corrected chi connectivity index (χ1v) is 18.9. The molecule has 0 amide bonds. The number of furan rings is 1. The van der Waals surface area contributed by atoms with Crippen LogP contribution in [-0.4, -0.2) is 24.5 Å². The molecule has 0 radical (unpaired) electrons. The number of rotatable bonds is 5. The molecule has 7 nitrogen and oxygen atoms in total. The first kappa shape index (κ1) is 31.5. The number of fused-ring (bicyclic) bond motifs is 9. The van der Waals surface area contributed by atoms with E-state index in [1.165, 1.54) is 5.39 Å². The molecule has 0 aliphatic rings. The molecule has 0 saturated carbocycles. The van der Waals surface area contributed by atoms with Crippen LogP contribution in [0.5, 0.6) is 0 Å². The van der Waals surface area contributed by atoms with Crippen molar-refractivity contribution in [3.8, 4) is 51.3 Å².